The fourth-order valence-corrected chi connectivity index (χ4v) is 2.13. The molecular weight excluding hydrogens is 208 g/mol. The standard InChI is InChI=1S/C8H11BrS/c1-6(7(2)9)8-4-3-5-10-8/h3-7H,1-2H3. The van der Waals surface area contributed by atoms with Crippen LogP contribution < -0.4 is 0 Å². The lowest BCUT2D eigenvalue weighted by molar-refractivity contribution is 0.777. The van der Waals surface area contributed by atoms with Crippen LogP contribution in [0.4, 0.5) is 0 Å². The summed E-state index contributed by atoms with van der Waals surface area (Å²) >= 11 is 5.40. The van der Waals surface area contributed by atoms with E-state index in [1.54, 1.807) is 0 Å². The third-order valence-corrected chi connectivity index (χ3v) is 3.55. The maximum atomic E-state index is 3.57. The predicted octanol–water partition coefficient (Wildman–Crippen LogP) is 3.64. The Kier molecular flexibility index (Phi) is 2.93. The molecule has 0 radical (unpaired) electrons. The molecule has 56 valence electrons. The Morgan fingerprint density at radius 3 is 2.60 bits per heavy atom. The van der Waals surface area contributed by atoms with Crippen molar-refractivity contribution in [1.29, 1.82) is 0 Å². The van der Waals surface area contributed by atoms with Crippen molar-refractivity contribution in [3.63, 3.8) is 0 Å². The maximum absolute atomic E-state index is 3.57. The lowest BCUT2D eigenvalue weighted by Gasteiger charge is -2.10. The van der Waals surface area contributed by atoms with Crippen LogP contribution in [0.15, 0.2) is 17.5 Å². The summed E-state index contributed by atoms with van der Waals surface area (Å²) in [6.45, 7) is 4.43. The molecule has 0 aliphatic rings. The molecule has 1 rings (SSSR count). The first-order valence-electron chi connectivity index (χ1n) is 3.39. The van der Waals surface area contributed by atoms with Crippen molar-refractivity contribution in [2.45, 2.75) is 24.6 Å². The van der Waals surface area contributed by atoms with Gasteiger partial charge in [-0.3, -0.25) is 0 Å². The second-order valence-electron chi connectivity index (χ2n) is 2.48. The zero-order chi connectivity index (χ0) is 7.56. The van der Waals surface area contributed by atoms with Crippen LogP contribution in [0.1, 0.15) is 24.6 Å². The molecule has 2 heteroatoms. The monoisotopic (exact) mass is 218 g/mol. The Balaban J connectivity index is 2.68. The molecule has 0 saturated carbocycles. The molecule has 10 heavy (non-hydrogen) atoms. The van der Waals surface area contributed by atoms with Gasteiger partial charge in [0.1, 0.15) is 0 Å². The smallest absolute Gasteiger partial charge is 0.0191 e. The highest BCUT2D eigenvalue weighted by atomic mass is 79.9. The molecule has 0 aromatic carbocycles. The number of hydrogen-bond donors (Lipinski definition) is 0. The Labute approximate surface area is 74.4 Å². The van der Waals surface area contributed by atoms with Crippen LogP contribution in [0.25, 0.3) is 0 Å². The van der Waals surface area contributed by atoms with Gasteiger partial charge in [-0.15, -0.1) is 11.3 Å². The van der Waals surface area contributed by atoms with Crippen molar-refractivity contribution in [3.8, 4) is 0 Å². The Morgan fingerprint density at radius 2 is 2.20 bits per heavy atom. The molecule has 0 aliphatic carbocycles. The molecule has 1 heterocycles. The van der Waals surface area contributed by atoms with Crippen LogP contribution in [0.5, 0.6) is 0 Å². The Hall–Kier alpha value is 0.180. The SMILES string of the molecule is CC(Br)C(C)c1cccs1. The number of hydrogen-bond acceptors (Lipinski definition) is 1. The van der Waals surface area contributed by atoms with E-state index in [2.05, 4.69) is 47.3 Å². The van der Waals surface area contributed by atoms with E-state index < -0.39 is 0 Å². The van der Waals surface area contributed by atoms with Gasteiger partial charge >= 0.3 is 0 Å². The fraction of sp³-hybridized carbons (Fsp3) is 0.500. The minimum absolute atomic E-state index is 0.575. The average molecular weight is 219 g/mol. The summed E-state index contributed by atoms with van der Waals surface area (Å²) in [7, 11) is 0. The zero-order valence-electron chi connectivity index (χ0n) is 6.17. The molecular formula is C8H11BrS. The first-order chi connectivity index (χ1) is 4.72. The summed E-state index contributed by atoms with van der Waals surface area (Å²) in [5.41, 5.74) is 0. The van der Waals surface area contributed by atoms with Gasteiger partial charge in [0, 0.05) is 15.6 Å². The molecule has 2 atom stereocenters. The number of halogens is 1. The van der Waals surface area contributed by atoms with Crippen LogP contribution in [0.3, 0.4) is 0 Å². The lowest BCUT2D eigenvalue weighted by atomic mass is 10.1. The third-order valence-electron chi connectivity index (χ3n) is 1.68. The summed E-state index contributed by atoms with van der Waals surface area (Å²) in [5, 5.41) is 2.13. The third kappa shape index (κ3) is 1.83. The molecule has 0 saturated heterocycles. The van der Waals surface area contributed by atoms with Gasteiger partial charge in [0.25, 0.3) is 0 Å². The van der Waals surface area contributed by atoms with Gasteiger partial charge in [-0.1, -0.05) is 35.8 Å². The van der Waals surface area contributed by atoms with E-state index >= 15 is 0 Å². The molecule has 0 bridgehead atoms. The Morgan fingerprint density at radius 1 is 1.50 bits per heavy atom. The summed E-state index contributed by atoms with van der Waals surface area (Å²) in [4.78, 5) is 2.04. The van der Waals surface area contributed by atoms with Gasteiger partial charge in [0.2, 0.25) is 0 Å². The van der Waals surface area contributed by atoms with E-state index in [1.807, 2.05) is 11.3 Å². The van der Waals surface area contributed by atoms with Gasteiger partial charge in [-0.05, 0) is 11.4 Å². The van der Waals surface area contributed by atoms with Crippen LogP contribution in [0.2, 0.25) is 0 Å². The van der Waals surface area contributed by atoms with Crippen LogP contribution in [0, 0.1) is 0 Å². The van der Waals surface area contributed by atoms with E-state index in [0.717, 1.165) is 0 Å². The van der Waals surface area contributed by atoms with Gasteiger partial charge < -0.3 is 0 Å². The largest absolute Gasteiger partial charge is 0.149 e. The molecule has 1 aromatic rings. The van der Waals surface area contributed by atoms with Gasteiger partial charge in [-0.2, -0.15) is 0 Å². The minimum atomic E-state index is 0.575. The molecule has 0 aliphatic heterocycles. The highest BCUT2D eigenvalue weighted by Crippen LogP contribution is 2.27. The van der Waals surface area contributed by atoms with Gasteiger partial charge in [0.15, 0.2) is 0 Å². The van der Waals surface area contributed by atoms with Gasteiger partial charge in [-0.25, -0.2) is 0 Å². The maximum Gasteiger partial charge on any atom is 0.0191 e. The number of alkyl halides is 1. The zero-order valence-corrected chi connectivity index (χ0v) is 8.58. The van der Waals surface area contributed by atoms with Gasteiger partial charge in [0.05, 0.1) is 0 Å². The van der Waals surface area contributed by atoms with E-state index in [0.29, 0.717) is 10.7 Å². The number of thiophene rings is 1. The van der Waals surface area contributed by atoms with Crippen LogP contribution in [-0.2, 0) is 0 Å². The van der Waals surface area contributed by atoms with Crippen molar-refractivity contribution in [2.75, 3.05) is 0 Å². The first kappa shape index (κ1) is 8.28. The second-order valence-corrected chi connectivity index (χ2v) is 4.91. The van der Waals surface area contributed by atoms with Crippen molar-refractivity contribution >= 4 is 27.3 Å². The van der Waals surface area contributed by atoms with E-state index in [1.165, 1.54) is 4.88 Å². The van der Waals surface area contributed by atoms with Crippen molar-refractivity contribution in [1.82, 2.24) is 0 Å². The Bertz CT molecular complexity index is 179. The minimum Gasteiger partial charge on any atom is -0.149 e. The topological polar surface area (TPSA) is 0 Å². The normalized spacial score (nSPS) is 16.7. The second kappa shape index (κ2) is 3.54. The average Bonchev–Trinajstić information content (AvgIpc) is 2.36. The molecule has 0 nitrogen and oxygen atoms in total. The highest BCUT2D eigenvalue weighted by molar-refractivity contribution is 9.09. The molecule has 0 spiro atoms. The molecule has 0 N–H and O–H groups in total. The van der Waals surface area contributed by atoms with E-state index in [-0.39, 0.29) is 0 Å². The van der Waals surface area contributed by atoms with Crippen LogP contribution >= 0.6 is 27.3 Å². The van der Waals surface area contributed by atoms with Crippen LogP contribution in [-0.4, -0.2) is 4.83 Å². The summed E-state index contributed by atoms with van der Waals surface area (Å²) in [6.07, 6.45) is 0. The summed E-state index contributed by atoms with van der Waals surface area (Å²) in [6, 6.07) is 4.29. The molecule has 0 fully saturated rings. The molecule has 0 amide bonds. The predicted molar refractivity (Wildman–Crippen MR) is 51.1 cm³/mol. The fourth-order valence-electron chi connectivity index (χ4n) is 0.777. The van der Waals surface area contributed by atoms with E-state index in [4.69, 9.17) is 0 Å². The lowest BCUT2D eigenvalue weighted by Crippen LogP contribution is -2.01. The number of rotatable bonds is 2. The van der Waals surface area contributed by atoms with Crippen molar-refractivity contribution in [2.24, 2.45) is 0 Å². The van der Waals surface area contributed by atoms with Crippen molar-refractivity contribution < 1.29 is 0 Å². The molecule has 1 aromatic heterocycles. The molecule has 2 unspecified atom stereocenters. The first-order valence-corrected chi connectivity index (χ1v) is 5.19. The summed E-state index contributed by atoms with van der Waals surface area (Å²) < 4.78 is 0. The summed E-state index contributed by atoms with van der Waals surface area (Å²) in [5.74, 6) is 0.639. The highest BCUT2D eigenvalue weighted by Gasteiger charge is 2.10. The quantitative estimate of drug-likeness (QED) is 0.666. The van der Waals surface area contributed by atoms with Crippen molar-refractivity contribution in [3.05, 3.63) is 22.4 Å². The van der Waals surface area contributed by atoms with E-state index in [9.17, 15) is 0 Å².